The summed E-state index contributed by atoms with van der Waals surface area (Å²) in [5.41, 5.74) is 14.0. The Morgan fingerprint density at radius 3 is 2.66 bits per heavy atom. The predicted molar refractivity (Wildman–Crippen MR) is 140 cm³/mol. The quantitative estimate of drug-likeness (QED) is 0.444. The number of hydrogen-bond acceptors (Lipinski definition) is 5. The number of nitrogens with zero attached hydrogens (tertiary/aromatic N) is 2. The molecule has 0 radical (unpaired) electrons. The molecule has 2 unspecified atom stereocenters. The molecule has 0 aliphatic carbocycles. The third-order valence-corrected chi connectivity index (χ3v) is 6.65. The van der Waals surface area contributed by atoms with E-state index in [1.165, 1.54) is 6.20 Å². The van der Waals surface area contributed by atoms with Crippen molar-refractivity contribution < 1.29 is 14.4 Å². The van der Waals surface area contributed by atoms with Gasteiger partial charge in [0.15, 0.2) is 0 Å². The number of fused-ring (bicyclic) bond motifs is 1. The maximum Gasteiger partial charge on any atom is 0.249 e. The molecule has 3 amide bonds. The topological polar surface area (TPSA) is 122 Å². The van der Waals surface area contributed by atoms with Crippen LogP contribution < -0.4 is 26.6 Å². The monoisotopic (exact) mass is 481 g/mol. The fourth-order valence-corrected chi connectivity index (χ4v) is 4.81. The Balaban J connectivity index is 1.97. The highest BCUT2D eigenvalue weighted by molar-refractivity contribution is 6.08. The first kappa shape index (κ1) is 26.5. The number of carbonyl (C=O) groups excluding carboxylic acids is 3. The van der Waals surface area contributed by atoms with Crippen molar-refractivity contribution in [2.24, 2.45) is 23.3 Å². The van der Waals surface area contributed by atoms with Crippen molar-refractivity contribution in [2.45, 2.75) is 65.0 Å². The molecule has 1 aromatic rings. The van der Waals surface area contributed by atoms with Gasteiger partial charge in [-0.2, -0.15) is 0 Å². The maximum absolute atomic E-state index is 13.8. The van der Waals surface area contributed by atoms with Gasteiger partial charge in [0.2, 0.25) is 17.7 Å². The molecule has 8 heteroatoms. The van der Waals surface area contributed by atoms with Crippen LogP contribution >= 0.6 is 0 Å². The lowest BCUT2D eigenvalue weighted by atomic mass is 9.93. The lowest BCUT2D eigenvalue weighted by Crippen LogP contribution is -2.56. The van der Waals surface area contributed by atoms with Crippen molar-refractivity contribution in [2.75, 3.05) is 22.9 Å². The van der Waals surface area contributed by atoms with E-state index in [-0.39, 0.29) is 29.6 Å². The first-order valence-corrected chi connectivity index (χ1v) is 12.6. The second-order valence-corrected chi connectivity index (χ2v) is 9.82. The van der Waals surface area contributed by atoms with E-state index in [9.17, 15) is 14.4 Å². The van der Waals surface area contributed by atoms with Crippen LogP contribution in [0, 0.1) is 11.8 Å². The summed E-state index contributed by atoms with van der Waals surface area (Å²) in [4.78, 5) is 42.7. The van der Waals surface area contributed by atoms with Gasteiger partial charge in [-0.1, -0.05) is 45.1 Å². The number of anilines is 2. The fourth-order valence-electron chi connectivity index (χ4n) is 4.81. The molecule has 1 aromatic carbocycles. The van der Waals surface area contributed by atoms with Crippen LogP contribution in [0.15, 0.2) is 42.6 Å². The number of nitrogens with one attached hydrogen (secondary N) is 1. The summed E-state index contributed by atoms with van der Waals surface area (Å²) in [7, 11) is 0. The number of hydrogen-bond donors (Lipinski definition) is 3. The lowest BCUT2D eigenvalue weighted by Gasteiger charge is -2.38. The van der Waals surface area contributed by atoms with Crippen molar-refractivity contribution in [3.8, 4) is 0 Å². The molecule has 1 fully saturated rings. The minimum absolute atomic E-state index is 0.0703. The van der Waals surface area contributed by atoms with Crippen LogP contribution in [-0.4, -0.2) is 42.9 Å². The Bertz CT molecular complexity index is 987. The molecule has 5 N–H and O–H groups in total. The van der Waals surface area contributed by atoms with Gasteiger partial charge in [-0.25, -0.2) is 0 Å². The maximum atomic E-state index is 13.8. The molecule has 0 spiro atoms. The predicted octanol–water partition coefficient (Wildman–Crippen LogP) is 2.62. The van der Waals surface area contributed by atoms with Gasteiger partial charge in [0.25, 0.3) is 0 Å². The molecule has 35 heavy (non-hydrogen) atoms. The summed E-state index contributed by atoms with van der Waals surface area (Å²) in [6.07, 6.45) is 10.2. The summed E-state index contributed by atoms with van der Waals surface area (Å²) in [6, 6.07) is 4.43. The van der Waals surface area contributed by atoms with Crippen molar-refractivity contribution in [1.29, 1.82) is 0 Å². The molecule has 3 rings (SSSR count). The first-order chi connectivity index (χ1) is 16.8. The minimum Gasteiger partial charge on any atom is -0.405 e. The van der Waals surface area contributed by atoms with Gasteiger partial charge in [0.05, 0.1) is 17.4 Å². The van der Waals surface area contributed by atoms with Crippen LogP contribution in [0.2, 0.25) is 0 Å². The van der Waals surface area contributed by atoms with E-state index in [0.717, 1.165) is 29.8 Å². The molecule has 2 aliphatic heterocycles. The lowest BCUT2D eigenvalue weighted by molar-refractivity contribution is -0.128. The van der Waals surface area contributed by atoms with Gasteiger partial charge in [-0.05, 0) is 55.0 Å². The molecule has 0 saturated carbocycles. The number of benzene rings is 1. The zero-order chi connectivity index (χ0) is 25.5. The SMILES string of the molecule is CCC(/C=C\C=C/N)CN1C(=O)C(NC(=O)[C@H](N)CC(C)C)Cc2cccc(N3CCCC3=O)c21. The van der Waals surface area contributed by atoms with Crippen LogP contribution in [0.3, 0.4) is 0 Å². The van der Waals surface area contributed by atoms with Gasteiger partial charge in [-0.15, -0.1) is 0 Å². The standard InChI is InChI=1S/C27H39N5O3/c1-4-19(9-5-6-13-28)17-32-25-20(10-7-11-23(25)31-14-8-12-24(31)33)16-22(27(32)35)30-26(34)21(29)15-18(2)3/h5-7,9-11,13,18-19,21-22H,4,8,12,14-17,28-29H2,1-3H3,(H,30,34)/b9-5-,13-6-/t19?,21-,22?/m1/s1. The van der Waals surface area contributed by atoms with E-state index < -0.39 is 12.1 Å². The van der Waals surface area contributed by atoms with Crippen molar-refractivity contribution >= 4 is 29.1 Å². The Morgan fingerprint density at radius 2 is 2.03 bits per heavy atom. The van der Waals surface area contributed by atoms with Crippen molar-refractivity contribution in [3.05, 3.63) is 48.2 Å². The van der Waals surface area contributed by atoms with Gasteiger partial charge >= 0.3 is 0 Å². The third kappa shape index (κ3) is 6.31. The number of rotatable bonds is 10. The second-order valence-electron chi connectivity index (χ2n) is 9.82. The third-order valence-electron chi connectivity index (χ3n) is 6.65. The van der Waals surface area contributed by atoms with Crippen molar-refractivity contribution in [3.63, 3.8) is 0 Å². The van der Waals surface area contributed by atoms with Crippen LogP contribution in [0.25, 0.3) is 0 Å². The van der Waals surface area contributed by atoms with Crippen molar-refractivity contribution in [1.82, 2.24) is 5.32 Å². The number of amides is 3. The number of allylic oxidation sites excluding steroid dienone is 2. The second kappa shape index (κ2) is 12.0. The van der Waals surface area contributed by atoms with E-state index in [1.807, 2.05) is 44.2 Å². The number of para-hydroxylation sites is 1. The van der Waals surface area contributed by atoms with E-state index in [1.54, 1.807) is 15.9 Å². The smallest absolute Gasteiger partial charge is 0.249 e. The van der Waals surface area contributed by atoms with Crippen LogP contribution in [-0.2, 0) is 20.8 Å². The van der Waals surface area contributed by atoms with Gasteiger partial charge in [-0.3, -0.25) is 14.4 Å². The Kier molecular flexibility index (Phi) is 9.09. The highest BCUT2D eigenvalue weighted by atomic mass is 16.2. The van der Waals surface area contributed by atoms with E-state index in [4.69, 9.17) is 11.5 Å². The molecular formula is C27H39N5O3. The van der Waals surface area contributed by atoms with Gasteiger partial charge < -0.3 is 26.6 Å². The molecule has 190 valence electrons. The molecule has 2 aliphatic rings. The average Bonchev–Trinajstić information content (AvgIpc) is 3.25. The Hall–Kier alpha value is -3.13. The summed E-state index contributed by atoms with van der Waals surface area (Å²) in [6.45, 7) is 7.16. The molecule has 0 bridgehead atoms. The van der Waals surface area contributed by atoms with Gasteiger partial charge in [0, 0.05) is 25.9 Å². The van der Waals surface area contributed by atoms with Crippen LogP contribution in [0.5, 0.6) is 0 Å². The highest BCUT2D eigenvalue weighted by Crippen LogP contribution is 2.39. The molecule has 8 nitrogen and oxygen atoms in total. The van der Waals surface area contributed by atoms with Crippen LogP contribution in [0.1, 0.15) is 52.0 Å². The summed E-state index contributed by atoms with van der Waals surface area (Å²) in [5.74, 6) is -0.0756. The molecule has 1 saturated heterocycles. The number of carbonyl (C=O) groups is 3. The van der Waals surface area contributed by atoms with Crippen LogP contribution in [0.4, 0.5) is 11.4 Å². The zero-order valence-electron chi connectivity index (χ0n) is 21.1. The zero-order valence-corrected chi connectivity index (χ0v) is 21.1. The Labute approximate surface area is 208 Å². The normalized spacial score (nSPS) is 20.2. The average molecular weight is 482 g/mol. The van der Waals surface area contributed by atoms with E-state index >= 15 is 0 Å². The van der Waals surface area contributed by atoms with E-state index in [2.05, 4.69) is 12.2 Å². The summed E-state index contributed by atoms with van der Waals surface area (Å²) >= 11 is 0. The largest absolute Gasteiger partial charge is 0.405 e. The summed E-state index contributed by atoms with van der Waals surface area (Å²) < 4.78 is 0. The highest BCUT2D eigenvalue weighted by Gasteiger charge is 2.38. The summed E-state index contributed by atoms with van der Waals surface area (Å²) in [5, 5.41) is 2.90. The van der Waals surface area contributed by atoms with E-state index in [0.29, 0.717) is 32.4 Å². The fraction of sp³-hybridized carbons (Fsp3) is 0.519. The van der Waals surface area contributed by atoms with Gasteiger partial charge in [0.1, 0.15) is 6.04 Å². The molecule has 2 heterocycles. The molecule has 3 atom stereocenters. The molecule has 0 aromatic heterocycles. The minimum atomic E-state index is -0.705. The molecular weight excluding hydrogens is 442 g/mol. The number of nitrogens with two attached hydrogens (primary N) is 2. The Morgan fingerprint density at radius 1 is 1.26 bits per heavy atom. The first-order valence-electron chi connectivity index (χ1n) is 12.6.